The number of nitrogens with zero attached hydrogens (tertiary/aromatic N) is 3. The Labute approximate surface area is 116 Å². The van der Waals surface area contributed by atoms with Gasteiger partial charge in [0.1, 0.15) is 0 Å². The van der Waals surface area contributed by atoms with Gasteiger partial charge in [-0.2, -0.15) is 5.26 Å². The second-order valence-corrected chi connectivity index (χ2v) is 4.25. The van der Waals surface area contributed by atoms with Gasteiger partial charge in [0.15, 0.2) is 11.9 Å². The van der Waals surface area contributed by atoms with Gasteiger partial charge in [0.25, 0.3) is 0 Å². The summed E-state index contributed by atoms with van der Waals surface area (Å²) in [7, 11) is 0. The molecular weight excluding hydrogens is 260 g/mol. The Bertz CT molecular complexity index is 541. The van der Waals surface area contributed by atoms with Crippen molar-refractivity contribution in [1.82, 2.24) is 4.98 Å². The van der Waals surface area contributed by atoms with Crippen molar-refractivity contribution in [2.45, 2.75) is 13.0 Å². The summed E-state index contributed by atoms with van der Waals surface area (Å²) in [5.41, 5.74) is 6.56. The topological polar surface area (TPSA) is 101 Å². The van der Waals surface area contributed by atoms with Gasteiger partial charge in [-0.05, 0) is 13.0 Å². The molecule has 0 spiro atoms. The molecule has 0 aliphatic carbocycles. The second kappa shape index (κ2) is 6.21. The van der Waals surface area contributed by atoms with Crippen LogP contribution in [0.4, 0.5) is 11.5 Å². The summed E-state index contributed by atoms with van der Waals surface area (Å²) >= 11 is 0. The lowest BCUT2D eigenvalue weighted by molar-refractivity contribution is 0.0527. The molecule has 0 radical (unpaired) electrons. The molecule has 2 rings (SSSR count). The summed E-state index contributed by atoms with van der Waals surface area (Å²) in [4.78, 5) is 17.8. The van der Waals surface area contributed by atoms with Crippen LogP contribution < -0.4 is 10.6 Å². The lowest BCUT2D eigenvalue weighted by Gasteiger charge is -2.31. The number of hydrogen-bond acceptors (Lipinski definition) is 7. The molecule has 1 saturated heterocycles. The van der Waals surface area contributed by atoms with Crippen molar-refractivity contribution in [3.63, 3.8) is 0 Å². The van der Waals surface area contributed by atoms with E-state index in [-0.39, 0.29) is 17.9 Å². The highest BCUT2D eigenvalue weighted by Crippen LogP contribution is 2.26. The lowest BCUT2D eigenvalue weighted by Crippen LogP contribution is -2.42. The molecule has 0 aromatic carbocycles. The molecule has 106 valence electrons. The van der Waals surface area contributed by atoms with Crippen LogP contribution in [0.2, 0.25) is 0 Å². The van der Waals surface area contributed by atoms with Crippen molar-refractivity contribution >= 4 is 17.5 Å². The number of nitrogens with two attached hydrogens (primary N) is 1. The molecule has 1 unspecified atom stereocenters. The maximum atomic E-state index is 11.8. The first-order valence-electron chi connectivity index (χ1n) is 6.35. The molecule has 1 atom stereocenters. The summed E-state index contributed by atoms with van der Waals surface area (Å²) < 4.78 is 10.2. The molecule has 2 N–H and O–H groups in total. The Balaban J connectivity index is 2.26. The van der Waals surface area contributed by atoms with Gasteiger partial charge in [-0.1, -0.05) is 0 Å². The molecule has 1 aromatic rings. The van der Waals surface area contributed by atoms with E-state index in [1.807, 2.05) is 4.90 Å². The zero-order valence-electron chi connectivity index (χ0n) is 11.2. The molecule has 20 heavy (non-hydrogen) atoms. The van der Waals surface area contributed by atoms with E-state index in [4.69, 9.17) is 20.5 Å². The highest BCUT2D eigenvalue weighted by molar-refractivity contribution is 5.97. The van der Waals surface area contributed by atoms with Gasteiger partial charge in [0.2, 0.25) is 0 Å². The number of rotatable bonds is 3. The fourth-order valence-electron chi connectivity index (χ4n) is 2.02. The van der Waals surface area contributed by atoms with Crippen LogP contribution in [0.3, 0.4) is 0 Å². The van der Waals surface area contributed by atoms with Gasteiger partial charge in [0.05, 0.1) is 37.1 Å². The van der Waals surface area contributed by atoms with Gasteiger partial charge in [-0.15, -0.1) is 0 Å². The highest BCUT2D eigenvalue weighted by Gasteiger charge is 2.24. The molecule has 0 amide bonds. The van der Waals surface area contributed by atoms with Gasteiger partial charge >= 0.3 is 5.97 Å². The zero-order chi connectivity index (χ0) is 14.5. The van der Waals surface area contributed by atoms with Gasteiger partial charge < -0.3 is 20.1 Å². The highest BCUT2D eigenvalue weighted by atomic mass is 16.5. The minimum absolute atomic E-state index is 0.268. The van der Waals surface area contributed by atoms with Crippen LogP contribution in [0, 0.1) is 11.3 Å². The molecule has 0 bridgehead atoms. The van der Waals surface area contributed by atoms with Crippen molar-refractivity contribution in [1.29, 1.82) is 5.26 Å². The quantitative estimate of drug-likeness (QED) is 0.805. The SMILES string of the molecule is CCOC(=O)c1ccnc(N2CCOC(C#N)C2)c1N. The van der Waals surface area contributed by atoms with Crippen molar-refractivity contribution in [2.24, 2.45) is 0 Å². The Morgan fingerprint density at radius 1 is 1.75 bits per heavy atom. The van der Waals surface area contributed by atoms with E-state index in [1.54, 1.807) is 6.92 Å². The van der Waals surface area contributed by atoms with Crippen LogP contribution in [0.5, 0.6) is 0 Å². The Kier molecular flexibility index (Phi) is 4.38. The second-order valence-electron chi connectivity index (χ2n) is 4.25. The molecular formula is C13H16N4O3. The summed E-state index contributed by atoms with van der Waals surface area (Å²) in [5, 5.41) is 8.91. The average molecular weight is 276 g/mol. The Hall–Kier alpha value is -2.33. The van der Waals surface area contributed by atoms with E-state index in [1.165, 1.54) is 12.3 Å². The maximum absolute atomic E-state index is 11.8. The summed E-state index contributed by atoms with van der Waals surface area (Å²) in [5.74, 6) is 0.0119. The number of aromatic nitrogens is 1. The summed E-state index contributed by atoms with van der Waals surface area (Å²) in [6.45, 7) is 3.38. The van der Waals surface area contributed by atoms with E-state index in [0.29, 0.717) is 25.5 Å². The van der Waals surface area contributed by atoms with Crippen LogP contribution in [0.15, 0.2) is 12.3 Å². The number of carbonyl (C=O) groups is 1. The summed E-state index contributed by atoms with van der Waals surface area (Å²) in [6.07, 6.45) is 0.991. The lowest BCUT2D eigenvalue weighted by atomic mass is 10.2. The fraction of sp³-hybridized carbons (Fsp3) is 0.462. The smallest absolute Gasteiger partial charge is 0.340 e. The van der Waals surface area contributed by atoms with Gasteiger partial charge in [-0.3, -0.25) is 0 Å². The predicted octanol–water partition coefficient (Wildman–Crippen LogP) is 0.569. The van der Waals surface area contributed by atoms with Crippen LogP contribution in [-0.2, 0) is 9.47 Å². The van der Waals surface area contributed by atoms with Crippen LogP contribution in [0.25, 0.3) is 0 Å². The fourth-order valence-corrected chi connectivity index (χ4v) is 2.02. The summed E-state index contributed by atoms with van der Waals surface area (Å²) in [6, 6.07) is 3.58. The van der Waals surface area contributed by atoms with Crippen LogP contribution in [0.1, 0.15) is 17.3 Å². The molecule has 1 aliphatic heterocycles. The number of pyridine rings is 1. The van der Waals surface area contributed by atoms with E-state index >= 15 is 0 Å². The van der Waals surface area contributed by atoms with Crippen molar-refractivity contribution < 1.29 is 14.3 Å². The standard InChI is InChI=1S/C13H16N4O3/c1-2-19-13(18)10-3-4-16-12(11(10)15)17-5-6-20-9(7-14)8-17/h3-4,9H,2,5-6,8,15H2,1H3. The molecule has 2 heterocycles. The number of nitriles is 1. The van der Waals surface area contributed by atoms with Crippen LogP contribution in [-0.4, -0.2) is 43.4 Å². The zero-order valence-corrected chi connectivity index (χ0v) is 11.2. The number of nitrogen functional groups attached to an aromatic ring is 1. The molecule has 1 fully saturated rings. The van der Waals surface area contributed by atoms with E-state index in [0.717, 1.165) is 0 Å². The van der Waals surface area contributed by atoms with Crippen molar-refractivity contribution in [3.8, 4) is 6.07 Å². The minimum atomic E-state index is -0.517. The number of hydrogen-bond donors (Lipinski definition) is 1. The molecule has 1 aliphatic rings. The molecule has 7 nitrogen and oxygen atoms in total. The monoisotopic (exact) mass is 276 g/mol. The van der Waals surface area contributed by atoms with Crippen LogP contribution >= 0.6 is 0 Å². The Morgan fingerprint density at radius 2 is 2.55 bits per heavy atom. The third-order valence-corrected chi connectivity index (χ3v) is 2.97. The number of ether oxygens (including phenoxy) is 2. The number of morpholine rings is 1. The number of anilines is 2. The Morgan fingerprint density at radius 3 is 3.25 bits per heavy atom. The van der Waals surface area contributed by atoms with Crippen molar-refractivity contribution in [3.05, 3.63) is 17.8 Å². The van der Waals surface area contributed by atoms with Crippen molar-refractivity contribution in [2.75, 3.05) is 36.9 Å². The molecule has 1 aromatic heterocycles. The third kappa shape index (κ3) is 2.81. The first-order chi connectivity index (χ1) is 9.67. The normalized spacial score (nSPS) is 18.4. The molecule has 0 saturated carbocycles. The van der Waals surface area contributed by atoms with E-state index < -0.39 is 12.1 Å². The third-order valence-electron chi connectivity index (χ3n) is 2.97. The first-order valence-corrected chi connectivity index (χ1v) is 6.35. The van der Waals surface area contributed by atoms with E-state index in [2.05, 4.69) is 11.1 Å². The average Bonchev–Trinajstić information content (AvgIpc) is 2.47. The maximum Gasteiger partial charge on any atom is 0.340 e. The minimum Gasteiger partial charge on any atom is -0.462 e. The number of esters is 1. The largest absolute Gasteiger partial charge is 0.462 e. The predicted molar refractivity (Wildman–Crippen MR) is 72.2 cm³/mol. The number of carbonyl (C=O) groups excluding carboxylic acids is 1. The molecule has 7 heteroatoms. The van der Waals surface area contributed by atoms with E-state index in [9.17, 15) is 4.79 Å². The van der Waals surface area contributed by atoms with Gasteiger partial charge in [-0.25, -0.2) is 9.78 Å². The van der Waals surface area contributed by atoms with Gasteiger partial charge in [0, 0.05) is 12.7 Å². The first kappa shape index (κ1) is 14.1.